The van der Waals surface area contributed by atoms with Crippen molar-refractivity contribution in [1.29, 1.82) is 0 Å². The number of rotatable bonds is 18. The minimum absolute atomic E-state index is 0.203. The van der Waals surface area contributed by atoms with Crippen molar-refractivity contribution in [3.63, 3.8) is 0 Å². The molecular formula is C30H52N12O6S4. The summed E-state index contributed by atoms with van der Waals surface area (Å²) < 4.78 is 68.6. The maximum Gasteiger partial charge on any atom is 0.345 e. The normalized spacial score (nSPS) is 18.6. The van der Waals surface area contributed by atoms with Crippen LogP contribution in [0.25, 0.3) is 0 Å². The highest BCUT2D eigenvalue weighted by atomic mass is 32.2. The predicted octanol–water partition coefficient (Wildman–Crippen LogP) is 0.656. The molecule has 0 aromatic carbocycles. The van der Waals surface area contributed by atoms with Gasteiger partial charge in [-0.25, -0.2) is 19.2 Å². The Morgan fingerprint density at radius 3 is 1.58 bits per heavy atom. The highest BCUT2D eigenvalue weighted by Crippen LogP contribution is 2.17. The Morgan fingerprint density at radius 1 is 0.654 bits per heavy atom. The minimum Gasteiger partial charge on any atom is -0.464 e. The Hall–Kier alpha value is -3.12. The third kappa shape index (κ3) is 16.7. The molecule has 4 N–H and O–H groups in total. The van der Waals surface area contributed by atoms with Crippen LogP contribution in [0.1, 0.15) is 23.0 Å². The molecule has 4 heterocycles. The first-order valence-electron chi connectivity index (χ1n) is 16.3. The van der Waals surface area contributed by atoms with E-state index in [1.807, 2.05) is 71.5 Å². The SMILES string of the molecule is CN(C)CCN=C1NS(=O)(=O)NC1=NCCSCc1ccc(CN(C)C)o1.CN(C)Cc1ccc(CSCCN=C2NS(=O)(=O)N=C2NN(C)C)o1. The van der Waals surface area contributed by atoms with Crippen molar-refractivity contribution in [2.24, 2.45) is 19.4 Å². The van der Waals surface area contributed by atoms with Crippen LogP contribution in [0, 0.1) is 0 Å². The van der Waals surface area contributed by atoms with Crippen molar-refractivity contribution in [3.8, 4) is 0 Å². The summed E-state index contributed by atoms with van der Waals surface area (Å²) in [5.74, 6) is 7.73. The average Bonchev–Trinajstić information content (AvgIpc) is 3.78. The fraction of sp³-hybridized carbons (Fsp3) is 0.600. The summed E-state index contributed by atoms with van der Waals surface area (Å²) in [4.78, 5) is 19.0. The number of hydrogen-bond acceptors (Lipinski definition) is 16. The van der Waals surface area contributed by atoms with Crippen molar-refractivity contribution in [1.82, 2.24) is 39.3 Å². The number of aliphatic imine (C=N–C) groups is 3. The summed E-state index contributed by atoms with van der Waals surface area (Å²) in [6.45, 7) is 3.74. The van der Waals surface area contributed by atoms with E-state index in [0.29, 0.717) is 19.6 Å². The number of nitrogens with zero attached hydrogens (tertiary/aromatic N) is 8. The van der Waals surface area contributed by atoms with Crippen LogP contribution in [0.2, 0.25) is 0 Å². The van der Waals surface area contributed by atoms with Crippen molar-refractivity contribution < 1.29 is 25.7 Å². The van der Waals surface area contributed by atoms with Crippen LogP contribution in [-0.2, 0) is 45.0 Å². The lowest BCUT2D eigenvalue weighted by Crippen LogP contribution is -2.42. The number of likely N-dealkylation sites (N-methyl/N-ethyl adjacent to an activating group) is 1. The summed E-state index contributed by atoms with van der Waals surface area (Å²) >= 11 is 3.36. The van der Waals surface area contributed by atoms with Gasteiger partial charge in [0.15, 0.2) is 23.3 Å². The van der Waals surface area contributed by atoms with Crippen molar-refractivity contribution >= 4 is 67.3 Å². The molecule has 0 amide bonds. The van der Waals surface area contributed by atoms with E-state index in [2.05, 4.69) is 48.8 Å². The molecule has 0 bridgehead atoms. The van der Waals surface area contributed by atoms with Crippen LogP contribution in [0.15, 0.2) is 52.5 Å². The molecule has 2 aromatic heterocycles. The zero-order chi connectivity index (χ0) is 38.3. The molecule has 0 unspecified atom stereocenters. The Bertz CT molecular complexity index is 1770. The largest absolute Gasteiger partial charge is 0.464 e. The second kappa shape index (κ2) is 20.9. The lowest BCUT2D eigenvalue weighted by Gasteiger charge is -2.12. The number of hydrogen-bond donors (Lipinski definition) is 4. The van der Waals surface area contributed by atoms with Gasteiger partial charge in [-0.05, 0) is 66.6 Å². The van der Waals surface area contributed by atoms with Crippen LogP contribution in [0.4, 0.5) is 0 Å². The highest BCUT2D eigenvalue weighted by Gasteiger charge is 2.28. The van der Waals surface area contributed by atoms with Crippen LogP contribution >= 0.6 is 23.5 Å². The van der Waals surface area contributed by atoms with Crippen molar-refractivity contribution in [3.05, 3.63) is 47.3 Å². The van der Waals surface area contributed by atoms with E-state index in [1.165, 1.54) is 0 Å². The van der Waals surface area contributed by atoms with Crippen LogP contribution in [-0.4, -0.2) is 154 Å². The van der Waals surface area contributed by atoms with Gasteiger partial charge in [-0.15, -0.1) is 4.40 Å². The molecule has 1 fully saturated rings. The molecule has 0 saturated carbocycles. The number of amidine groups is 4. The second-order valence-electron chi connectivity index (χ2n) is 12.5. The standard InChI is InChI=1S/C16H28N6O3S2.C14H24N6O3S2/c1-21(2)9-7-17-15-16(20-27(23,24)19-15)18-8-10-26-12-14-6-5-13(25-14)11-22(3)4;1-19(2)9-11-5-6-12(23-11)10-24-8-7-15-13-14(16-20(3)4)18-25(21,22)17-13/h5-6H,7-12H2,1-4H3,(H,17,19)(H,18,20);5-6H,7-10H2,1-4H3,(H,15,17)(H,16,18). The van der Waals surface area contributed by atoms with Crippen molar-refractivity contribution in [2.45, 2.75) is 24.6 Å². The fourth-order valence-corrected chi connectivity index (χ4v) is 7.43. The molecule has 1 saturated heterocycles. The average molecular weight is 805 g/mol. The number of thioether (sulfide) groups is 2. The van der Waals surface area contributed by atoms with E-state index in [0.717, 1.165) is 65.7 Å². The Labute approximate surface area is 316 Å². The fourth-order valence-electron chi connectivity index (χ4n) is 4.28. The summed E-state index contributed by atoms with van der Waals surface area (Å²) in [6, 6.07) is 7.95. The quantitative estimate of drug-likeness (QED) is 0.121. The van der Waals surface area contributed by atoms with E-state index in [9.17, 15) is 16.8 Å². The van der Waals surface area contributed by atoms with Gasteiger partial charge in [-0.2, -0.15) is 40.4 Å². The highest BCUT2D eigenvalue weighted by molar-refractivity contribution is 7.98. The maximum absolute atomic E-state index is 11.7. The number of hydrazine groups is 1. The molecule has 2 aliphatic heterocycles. The zero-order valence-corrected chi connectivity index (χ0v) is 34.3. The summed E-state index contributed by atoms with van der Waals surface area (Å²) in [7, 11) is 8.08. The molecule has 4 rings (SSSR count). The van der Waals surface area contributed by atoms with Gasteiger partial charge in [0.1, 0.15) is 23.0 Å². The lowest BCUT2D eigenvalue weighted by molar-refractivity contribution is 0.344. The molecule has 0 atom stereocenters. The molecular weight excluding hydrogens is 753 g/mol. The predicted molar refractivity (Wildman–Crippen MR) is 211 cm³/mol. The van der Waals surface area contributed by atoms with Crippen molar-refractivity contribution in [2.75, 3.05) is 94.1 Å². The van der Waals surface area contributed by atoms with Gasteiger partial charge in [0.2, 0.25) is 0 Å². The molecule has 0 aliphatic carbocycles. The third-order valence-corrected chi connectivity index (χ3v) is 10.1. The van der Waals surface area contributed by atoms with Crippen LogP contribution < -0.4 is 19.6 Å². The first-order valence-corrected chi connectivity index (χ1v) is 21.5. The van der Waals surface area contributed by atoms with Crippen LogP contribution in [0.5, 0.6) is 0 Å². The molecule has 2 aliphatic rings. The molecule has 0 radical (unpaired) electrons. The monoisotopic (exact) mass is 804 g/mol. The van der Waals surface area contributed by atoms with Gasteiger partial charge in [-0.3, -0.25) is 20.4 Å². The number of furan rings is 2. The van der Waals surface area contributed by atoms with Gasteiger partial charge in [-0.1, -0.05) is 0 Å². The smallest absolute Gasteiger partial charge is 0.345 e. The van der Waals surface area contributed by atoms with E-state index in [1.54, 1.807) is 42.6 Å². The zero-order valence-electron chi connectivity index (χ0n) is 31.0. The number of nitrogens with one attached hydrogen (secondary N) is 4. The summed E-state index contributed by atoms with van der Waals surface area (Å²) in [6.07, 6.45) is 0. The topological polar surface area (TPSA) is 205 Å². The van der Waals surface area contributed by atoms with E-state index >= 15 is 0 Å². The van der Waals surface area contributed by atoms with Gasteiger partial charge in [0, 0.05) is 32.1 Å². The van der Waals surface area contributed by atoms with Gasteiger partial charge >= 0.3 is 20.4 Å². The molecule has 2 aromatic rings. The van der Waals surface area contributed by atoms with Gasteiger partial charge in [0.05, 0.1) is 44.2 Å². The molecule has 22 heteroatoms. The maximum atomic E-state index is 11.7. The third-order valence-electron chi connectivity index (χ3n) is 6.37. The molecule has 18 nitrogen and oxygen atoms in total. The van der Waals surface area contributed by atoms with Crippen LogP contribution in [0.3, 0.4) is 0 Å². The first-order chi connectivity index (χ1) is 24.5. The van der Waals surface area contributed by atoms with E-state index < -0.39 is 20.4 Å². The summed E-state index contributed by atoms with van der Waals surface area (Å²) in [5.41, 5.74) is 2.82. The molecule has 0 spiro atoms. The second-order valence-corrected chi connectivity index (χ2v) is 17.5. The first kappa shape index (κ1) is 43.3. The summed E-state index contributed by atoms with van der Waals surface area (Å²) in [5, 5.41) is 1.61. The lowest BCUT2D eigenvalue weighted by atomic mass is 10.4. The minimum atomic E-state index is -3.69. The Morgan fingerprint density at radius 2 is 1.12 bits per heavy atom. The van der Waals surface area contributed by atoms with E-state index in [4.69, 9.17) is 8.83 Å². The molecule has 292 valence electrons. The Balaban J connectivity index is 0.000000281. The van der Waals surface area contributed by atoms with Gasteiger partial charge < -0.3 is 23.5 Å². The van der Waals surface area contributed by atoms with Gasteiger partial charge in [0.25, 0.3) is 0 Å². The Kier molecular flexibility index (Phi) is 17.4. The molecule has 52 heavy (non-hydrogen) atoms. The van der Waals surface area contributed by atoms with E-state index in [-0.39, 0.29) is 23.3 Å².